The Bertz CT molecular complexity index is 870. The Morgan fingerprint density at radius 3 is 2.76 bits per heavy atom. The first-order chi connectivity index (χ1) is 12.1. The minimum Gasteiger partial charge on any atom is -0.298 e. The van der Waals surface area contributed by atoms with Gasteiger partial charge in [0.15, 0.2) is 5.78 Å². The van der Waals surface area contributed by atoms with Gasteiger partial charge >= 0.3 is 0 Å². The number of aromatic nitrogens is 2. The summed E-state index contributed by atoms with van der Waals surface area (Å²) in [5.74, 6) is 0.296. The van der Waals surface area contributed by atoms with E-state index in [4.69, 9.17) is 4.98 Å². The summed E-state index contributed by atoms with van der Waals surface area (Å²) in [6.07, 6.45) is 4.27. The van der Waals surface area contributed by atoms with Crippen LogP contribution in [0.5, 0.6) is 0 Å². The lowest BCUT2D eigenvalue weighted by Crippen LogP contribution is -2.53. The molecule has 2 aliphatic rings. The third kappa shape index (κ3) is 2.22. The molecule has 1 aromatic carbocycles. The van der Waals surface area contributed by atoms with Gasteiger partial charge in [0.25, 0.3) is 0 Å². The second-order valence-electron chi connectivity index (χ2n) is 7.35. The quantitative estimate of drug-likeness (QED) is 0.803. The zero-order valence-electron chi connectivity index (χ0n) is 14.6. The summed E-state index contributed by atoms with van der Waals surface area (Å²) in [7, 11) is 0. The maximum Gasteiger partial charge on any atom is 0.153 e. The summed E-state index contributed by atoms with van der Waals surface area (Å²) in [5.41, 5.74) is 2.97. The van der Waals surface area contributed by atoms with Gasteiger partial charge in [-0.15, -0.1) is 0 Å². The maximum atomic E-state index is 12.7. The first-order valence-electron chi connectivity index (χ1n) is 8.90. The number of rotatable bonds is 1. The number of ketones is 1. The number of nitriles is 1. The zero-order valence-corrected chi connectivity index (χ0v) is 14.6. The van der Waals surface area contributed by atoms with Gasteiger partial charge in [-0.1, -0.05) is 37.3 Å². The highest BCUT2D eigenvalue weighted by atomic mass is 16.1. The largest absolute Gasteiger partial charge is 0.298 e. The minimum atomic E-state index is -0.576. The Balaban J connectivity index is 2.02. The monoisotopic (exact) mass is 331 g/mol. The average Bonchev–Trinajstić information content (AvgIpc) is 2.65. The van der Waals surface area contributed by atoms with Crippen molar-refractivity contribution in [3.8, 4) is 6.07 Å². The van der Waals surface area contributed by atoms with Crippen LogP contribution in [0.15, 0.2) is 36.5 Å². The van der Waals surface area contributed by atoms with Gasteiger partial charge in [0.2, 0.25) is 0 Å². The van der Waals surface area contributed by atoms with Crippen molar-refractivity contribution < 1.29 is 4.79 Å². The van der Waals surface area contributed by atoms with Gasteiger partial charge in [-0.25, -0.2) is 9.97 Å². The molecule has 126 valence electrons. The third-order valence-electron chi connectivity index (χ3n) is 6.13. The van der Waals surface area contributed by atoms with Gasteiger partial charge in [-0.2, -0.15) is 5.26 Å². The van der Waals surface area contributed by atoms with Crippen LogP contribution in [-0.2, 0) is 16.6 Å². The van der Waals surface area contributed by atoms with Crippen LogP contribution in [0, 0.1) is 36.0 Å². The smallest absolute Gasteiger partial charge is 0.153 e. The molecule has 1 aromatic heterocycles. The van der Waals surface area contributed by atoms with Crippen molar-refractivity contribution in [3.05, 3.63) is 59.2 Å². The zero-order chi connectivity index (χ0) is 17.6. The molecular weight excluding hydrogens is 310 g/mol. The molecule has 0 radical (unpaired) electrons. The van der Waals surface area contributed by atoms with Gasteiger partial charge in [0.1, 0.15) is 11.7 Å². The molecule has 1 heterocycles. The van der Waals surface area contributed by atoms with E-state index in [1.54, 1.807) is 0 Å². The van der Waals surface area contributed by atoms with Gasteiger partial charge in [0.05, 0.1) is 11.8 Å². The fourth-order valence-corrected chi connectivity index (χ4v) is 4.97. The molecule has 4 atom stereocenters. The van der Waals surface area contributed by atoms with E-state index in [0.717, 1.165) is 29.9 Å². The standard InChI is InChI=1S/C21H21N3O/c1-13-18-9-8-15-12-23-14(2)24-20(15)21(18,10-16(11-22)19(13)25)17-6-4-3-5-7-17/h3-7,12-13,16,18H,8-10H2,1-2H3/t13-,16?,18-,21-/m0/s1. The first kappa shape index (κ1) is 16.0. The van der Waals surface area contributed by atoms with Crippen LogP contribution in [0.3, 0.4) is 0 Å². The number of carbonyl (C=O) groups excluding carboxylic acids is 1. The summed E-state index contributed by atoms with van der Waals surface area (Å²) in [6.45, 7) is 3.90. The molecule has 4 nitrogen and oxygen atoms in total. The number of benzene rings is 1. The maximum absolute atomic E-state index is 12.7. The minimum absolute atomic E-state index is 0.0910. The third-order valence-corrected chi connectivity index (χ3v) is 6.13. The summed E-state index contributed by atoms with van der Waals surface area (Å²) in [4.78, 5) is 21.9. The molecular formula is C21H21N3O. The Hall–Kier alpha value is -2.54. The number of hydrogen-bond acceptors (Lipinski definition) is 4. The van der Waals surface area contributed by atoms with Crippen molar-refractivity contribution in [2.75, 3.05) is 0 Å². The van der Waals surface area contributed by atoms with Crippen molar-refractivity contribution in [1.29, 1.82) is 5.26 Å². The molecule has 0 amide bonds. The molecule has 2 aromatic rings. The van der Waals surface area contributed by atoms with Crippen LogP contribution in [-0.4, -0.2) is 15.8 Å². The summed E-state index contributed by atoms with van der Waals surface area (Å²) in [5, 5.41) is 9.63. The number of fused-ring (bicyclic) bond motifs is 3. The van der Waals surface area contributed by atoms with E-state index >= 15 is 0 Å². The molecule has 0 saturated heterocycles. The molecule has 25 heavy (non-hydrogen) atoms. The lowest BCUT2D eigenvalue weighted by molar-refractivity contribution is -0.131. The number of carbonyl (C=O) groups is 1. The first-order valence-corrected chi connectivity index (χ1v) is 8.90. The topological polar surface area (TPSA) is 66.6 Å². The number of Topliss-reactive ketones (excluding diaryl/α,β-unsaturated/α-hetero) is 1. The lowest BCUT2D eigenvalue weighted by Gasteiger charge is -2.51. The predicted molar refractivity (Wildman–Crippen MR) is 93.7 cm³/mol. The number of nitrogens with zero attached hydrogens (tertiary/aromatic N) is 3. The van der Waals surface area contributed by atoms with Crippen LogP contribution in [0.4, 0.5) is 0 Å². The molecule has 1 unspecified atom stereocenters. The highest BCUT2D eigenvalue weighted by Gasteiger charge is 2.56. The molecule has 0 bridgehead atoms. The van der Waals surface area contributed by atoms with Crippen LogP contribution in [0.2, 0.25) is 0 Å². The van der Waals surface area contributed by atoms with E-state index in [1.807, 2.05) is 38.2 Å². The predicted octanol–water partition coefficient (Wildman–Crippen LogP) is 3.38. The molecule has 4 rings (SSSR count). The molecule has 0 N–H and O–H groups in total. The van der Waals surface area contributed by atoms with E-state index in [-0.39, 0.29) is 23.0 Å². The van der Waals surface area contributed by atoms with Crippen LogP contribution >= 0.6 is 0 Å². The highest BCUT2D eigenvalue weighted by molar-refractivity contribution is 5.87. The molecule has 0 spiro atoms. The van der Waals surface area contributed by atoms with Gasteiger partial charge in [0, 0.05) is 17.5 Å². The van der Waals surface area contributed by atoms with Gasteiger partial charge in [-0.3, -0.25) is 4.79 Å². The Morgan fingerprint density at radius 2 is 2.04 bits per heavy atom. The Kier molecular flexibility index (Phi) is 3.68. The Labute approximate surface area is 147 Å². The second-order valence-corrected chi connectivity index (χ2v) is 7.35. The fraction of sp³-hybridized carbons (Fsp3) is 0.429. The number of hydrogen-bond donors (Lipinski definition) is 0. The molecule has 1 fully saturated rings. The van der Waals surface area contributed by atoms with E-state index in [1.165, 1.54) is 5.56 Å². The van der Waals surface area contributed by atoms with Crippen molar-refractivity contribution in [2.24, 2.45) is 17.8 Å². The van der Waals surface area contributed by atoms with Gasteiger partial charge in [-0.05, 0) is 43.2 Å². The van der Waals surface area contributed by atoms with Crippen LogP contribution < -0.4 is 0 Å². The van der Waals surface area contributed by atoms with Crippen LogP contribution in [0.1, 0.15) is 42.4 Å². The molecule has 4 heteroatoms. The molecule has 0 aliphatic heterocycles. The fourth-order valence-electron chi connectivity index (χ4n) is 4.97. The van der Waals surface area contributed by atoms with E-state index in [2.05, 4.69) is 23.2 Å². The van der Waals surface area contributed by atoms with E-state index < -0.39 is 5.92 Å². The van der Waals surface area contributed by atoms with E-state index in [0.29, 0.717) is 6.42 Å². The van der Waals surface area contributed by atoms with Crippen molar-refractivity contribution >= 4 is 5.78 Å². The normalized spacial score (nSPS) is 30.9. The lowest BCUT2D eigenvalue weighted by atomic mass is 9.51. The highest BCUT2D eigenvalue weighted by Crippen LogP contribution is 2.55. The van der Waals surface area contributed by atoms with Crippen molar-refractivity contribution in [1.82, 2.24) is 9.97 Å². The van der Waals surface area contributed by atoms with Crippen LogP contribution in [0.25, 0.3) is 0 Å². The summed E-state index contributed by atoms with van der Waals surface area (Å²) in [6, 6.07) is 12.6. The van der Waals surface area contributed by atoms with Crippen molar-refractivity contribution in [2.45, 2.75) is 38.5 Å². The Morgan fingerprint density at radius 1 is 1.28 bits per heavy atom. The molecule has 1 saturated carbocycles. The molecule has 2 aliphatic carbocycles. The van der Waals surface area contributed by atoms with Crippen molar-refractivity contribution in [3.63, 3.8) is 0 Å². The van der Waals surface area contributed by atoms with Gasteiger partial charge < -0.3 is 0 Å². The van der Waals surface area contributed by atoms with E-state index in [9.17, 15) is 10.1 Å². The number of aryl methyl sites for hydroxylation is 2. The summed E-state index contributed by atoms with van der Waals surface area (Å²) < 4.78 is 0. The second kappa shape index (κ2) is 5.77. The average molecular weight is 331 g/mol. The SMILES string of the molecule is Cc1ncc2c(n1)[C@]1(c3ccccc3)CC(C#N)C(=O)[C@@H](C)[C@@H]1CC2. The summed E-state index contributed by atoms with van der Waals surface area (Å²) >= 11 is 0.